The molecule has 2 amide bonds. The number of hydrogen-bond acceptors (Lipinski definition) is 4. The van der Waals surface area contributed by atoms with Crippen LogP contribution in [0, 0.1) is 0 Å². The summed E-state index contributed by atoms with van der Waals surface area (Å²) in [6.45, 7) is 5.06. The molecular weight excluding hydrogens is 342 g/mol. The number of aliphatic hydroxyl groups is 1. The first kappa shape index (κ1) is 17.1. The lowest BCUT2D eigenvalue weighted by Crippen LogP contribution is -2.75. The van der Waals surface area contributed by atoms with Gasteiger partial charge in [-0.25, -0.2) is 4.79 Å². The molecule has 0 radical (unpaired) electrons. The third-order valence-corrected chi connectivity index (χ3v) is 7.78. The summed E-state index contributed by atoms with van der Waals surface area (Å²) >= 11 is 0. The molecule has 6 heteroatoms. The van der Waals surface area contributed by atoms with Gasteiger partial charge in [-0.2, -0.15) is 0 Å². The number of hydrogen-bond donors (Lipinski definition) is 3. The van der Waals surface area contributed by atoms with E-state index < -0.39 is 16.6 Å². The average molecular weight is 369 g/mol. The zero-order chi connectivity index (χ0) is 19.0. The quantitative estimate of drug-likeness (QED) is 0.704. The van der Waals surface area contributed by atoms with Crippen molar-refractivity contribution in [2.75, 3.05) is 20.7 Å². The van der Waals surface area contributed by atoms with Gasteiger partial charge in [0.15, 0.2) is 0 Å². The molecule has 1 saturated carbocycles. The summed E-state index contributed by atoms with van der Waals surface area (Å²) < 4.78 is 5.51. The second kappa shape index (κ2) is 5.26. The van der Waals surface area contributed by atoms with Gasteiger partial charge in [-0.15, -0.1) is 0 Å². The minimum Gasteiger partial charge on any atom is -0.497 e. The number of urea groups is 1. The second-order valence-electron chi connectivity index (χ2n) is 8.80. The molecule has 2 aliphatic carbocycles. The molecule has 2 heterocycles. The molecule has 1 aromatic rings. The molecule has 144 valence electrons. The molecule has 27 heavy (non-hydrogen) atoms. The monoisotopic (exact) mass is 369 g/mol. The number of carbonyl (C=O) groups excluding carboxylic acids is 1. The molecule has 4 aliphatic rings. The maximum atomic E-state index is 12.1. The van der Waals surface area contributed by atoms with Gasteiger partial charge in [-0.05, 0) is 69.0 Å². The number of amides is 2. The first-order valence-corrected chi connectivity index (χ1v) is 9.72. The van der Waals surface area contributed by atoms with Crippen LogP contribution in [-0.2, 0) is 11.8 Å². The topological polar surface area (TPSA) is 73.8 Å². The minimum absolute atomic E-state index is 0.0859. The fourth-order valence-electron chi connectivity index (χ4n) is 6.32. The van der Waals surface area contributed by atoms with Crippen molar-refractivity contribution >= 4 is 6.03 Å². The summed E-state index contributed by atoms with van der Waals surface area (Å²) in [6.07, 6.45) is 3.69. The number of nitrogens with one attached hydrogen (secondary N) is 2. The van der Waals surface area contributed by atoms with E-state index in [0.29, 0.717) is 19.3 Å². The number of methoxy groups -OCH3 is 1. The van der Waals surface area contributed by atoms with Gasteiger partial charge in [0, 0.05) is 17.2 Å². The number of likely N-dealkylation sites (N-methyl/N-ethyl adjacent to an activating group) is 1. The Bertz CT molecular complexity index is 855. The van der Waals surface area contributed by atoms with E-state index in [1.807, 2.05) is 6.07 Å². The predicted molar refractivity (Wildman–Crippen MR) is 102 cm³/mol. The van der Waals surface area contributed by atoms with E-state index in [-0.39, 0.29) is 12.1 Å². The van der Waals surface area contributed by atoms with E-state index in [1.165, 1.54) is 11.1 Å². The van der Waals surface area contributed by atoms with Crippen molar-refractivity contribution in [3.8, 4) is 5.75 Å². The number of benzene rings is 1. The van der Waals surface area contributed by atoms with Gasteiger partial charge >= 0.3 is 6.03 Å². The Hall–Kier alpha value is -2.05. The summed E-state index contributed by atoms with van der Waals surface area (Å²) in [6, 6.07) is 6.15. The van der Waals surface area contributed by atoms with E-state index in [2.05, 4.69) is 41.3 Å². The summed E-state index contributed by atoms with van der Waals surface area (Å²) in [5.74, 6) is 0.815. The van der Waals surface area contributed by atoms with Crippen LogP contribution < -0.4 is 15.4 Å². The van der Waals surface area contributed by atoms with E-state index in [4.69, 9.17) is 4.74 Å². The first-order valence-electron chi connectivity index (χ1n) is 9.72. The molecule has 6 nitrogen and oxygen atoms in total. The molecule has 3 fully saturated rings. The van der Waals surface area contributed by atoms with Crippen molar-refractivity contribution in [2.45, 2.75) is 54.7 Å². The summed E-state index contributed by atoms with van der Waals surface area (Å²) in [5.41, 5.74) is 1.44. The molecule has 0 aromatic heterocycles. The van der Waals surface area contributed by atoms with Crippen molar-refractivity contribution in [1.82, 2.24) is 15.5 Å². The van der Waals surface area contributed by atoms with Gasteiger partial charge in [0.25, 0.3) is 0 Å². The average Bonchev–Trinajstić information content (AvgIpc) is 2.91. The smallest absolute Gasteiger partial charge is 0.319 e. The van der Waals surface area contributed by atoms with Crippen LogP contribution >= 0.6 is 0 Å². The summed E-state index contributed by atoms with van der Waals surface area (Å²) in [7, 11) is 3.79. The maximum absolute atomic E-state index is 12.1. The van der Waals surface area contributed by atoms with Crippen LogP contribution in [0.5, 0.6) is 5.75 Å². The highest BCUT2D eigenvalue weighted by molar-refractivity contribution is 5.81. The number of likely N-dealkylation sites (tertiary alicyclic amines) is 1. The molecule has 1 spiro atoms. The van der Waals surface area contributed by atoms with Gasteiger partial charge in [0.2, 0.25) is 0 Å². The Morgan fingerprint density at radius 3 is 2.85 bits per heavy atom. The van der Waals surface area contributed by atoms with Crippen LogP contribution in [0.15, 0.2) is 30.5 Å². The lowest BCUT2D eigenvalue weighted by molar-refractivity contribution is -0.170. The highest BCUT2D eigenvalue weighted by Gasteiger charge is 2.67. The second-order valence-corrected chi connectivity index (χ2v) is 8.80. The highest BCUT2D eigenvalue weighted by atomic mass is 16.5. The Labute approximate surface area is 159 Å². The normalized spacial score (nSPS) is 40.2. The molecule has 2 saturated heterocycles. The van der Waals surface area contributed by atoms with E-state index in [0.717, 1.165) is 30.8 Å². The zero-order valence-electron chi connectivity index (χ0n) is 16.0. The Morgan fingerprint density at radius 1 is 1.33 bits per heavy atom. The van der Waals surface area contributed by atoms with Crippen molar-refractivity contribution < 1.29 is 14.6 Å². The first-order chi connectivity index (χ1) is 12.8. The van der Waals surface area contributed by atoms with Crippen molar-refractivity contribution in [1.29, 1.82) is 0 Å². The third-order valence-electron chi connectivity index (χ3n) is 7.78. The van der Waals surface area contributed by atoms with Gasteiger partial charge < -0.3 is 25.4 Å². The van der Waals surface area contributed by atoms with Gasteiger partial charge in [0.05, 0.1) is 18.2 Å². The molecule has 1 aromatic carbocycles. The van der Waals surface area contributed by atoms with E-state index in [9.17, 15) is 9.90 Å². The number of ether oxygens (including phenoxy) is 1. The van der Waals surface area contributed by atoms with Gasteiger partial charge in [-0.3, -0.25) is 0 Å². The zero-order valence-corrected chi connectivity index (χ0v) is 16.0. The van der Waals surface area contributed by atoms with Crippen LogP contribution in [0.3, 0.4) is 0 Å². The SMILES string of the molecule is C=C1NC(=O)N[C@]12CC[C@@]1(O)[C@H]3Cc4ccc(OC)cc4[C@@]1(CCN3C)C2. The number of nitrogens with zero attached hydrogens (tertiary/aromatic N) is 1. The molecule has 4 atom stereocenters. The lowest BCUT2D eigenvalue weighted by Gasteiger charge is -2.65. The molecule has 2 aliphatic heterocycles. The number of piperidine rings is 1. The minimum atomic E-state index is -0.821. The molecule has 2 bridgehead atoms. The Morgan fingerprint density at radius 2 is 2.15 bits per heavy atom. The summed E-state index contributed by atoms with van der Waals surface area (Å²) in [5, 5.41) is 18.1. The summed E-state index contributed by atoms with van der Waals surface area (Å²) in [4.78, 5) is 14.4. The number of carbonyl (C=O) groups is 1. The van der Waals surface area contributed by atoms with E-state index in [1.54, 1.807) is 7.11 Å². The molecular formula is C21H27N3O3. The third kappa shape index (κ3) is 2.00. The van der Waals surface area contributed by atoms with Crippen LogP contribution in [0.1, 0.15) is 36.8 Å². The number of rotatable bonds is 1. The fourth-order valence-corrected chi connectivity index (χ4v) is 6.32. The van der Waals surface area contributed by atoms with Crippen LogP contribution in [0.2, 0.25) is 0 Å². The standard InChI is InChI=1S/C21H27N3O3/c1-13-20(23-18(25)22-13)6-7-21(26)17-10-14-4-5-15(27-3)11-16(14)19(21,12-20)8-9-24(17)2/h4-5,11,17,26H,1,6-10,12H2,2-3H3,(H2,22,23,25)/t17-,19-,20+,21-/m1/s1. The van der Waals surface area contributed by atoms with Crippen LogP contribution in [0.25, 0.3) is 0 Å². The fraction of sp³-hybridized carbons (Fsp3) is 0.571. The van der Waals surface area contributed by atoms with Gasteiger partial charge in [0.1, 0.15) is 5.75 Å². The largest absolute Gasteiger partial charge is 0.497 e. The van der Waals surface area contributed by atoms with Crippen LogP contribution in [-0.4, -0.2) is 53.9 Å². The lowest BCUT2D eigenvalue weighted by atomic mass is 9.46. The molecule has 3 N–H and O–H groups in total. The molecule has 0 unspecified atom stereocenters. The van der Waals surface area contributed by atoms with E-state index >= 15 is 0 Å². The maximum Gasteiger partial charge on any atom is 0.319 e. The van der Waals surface area contributed by atoms with Crippen LogP contribution in [0.4, 0.5) is 4.79 Å². The predicted octanol–water partition coefficient (Wildman–Crippen LogP) is 1.67. The Kier molecular flexibility index (Phi) is 3.33. The van der Waals surface area contributed by atoms with Crippen molar-refractivity contribution in [3.05, 3.63) is 41.6 Å². The Balaban J connectivity index is 1.71. The number of fused-ring (bicyclic) bond motifs is 1. The molecule has 5 rings (SSSR count). The van der Waals surface area contributed by atoms with Crippen molar-refractivity contribution in [3.63, 3.8) is 0 Å². The highest BCUT2D eigenvalue weighted by Crippen LogP contribution is 2.61. The van der Waals surface area contributed by atoms with Gasteiger partial charge in [-0.1, -0.05) is 12.6 Å². The van der Waals surface area contributed by atoms with Crippen molar-refractivity contribution in [2.24, 2.45) is 0 Å².